The zero-order valence-corrected chi connectivity index (χ0v) is 13.2. The Bertz CT molecular complexity index is 606. The lowest BCUT2D eigenvalue weighted by Gasteiger charge is -2.37. The lowest BCUT2D eigenvalue weighted by molar-refractivity contribution is 0.388. The molecule has 0 aliphatic carbocycles. The molecule has 0 spiro atoms. The van der Waals surface area contributed by atoms with Crippen LogP contribution in [-0.4, -0.2) is 33.5 Å². The van der Waals surface area contributed by atoms with E-state index in [1.165, 1.54) is 12.8 Å². The molecule has 0 radical (unpaired) electrons. The van der Waals surface area contributed by atoms with Gasteiger partial charge in [-0.05, 0) is 32.1 Å². The molecule has 1 N–H and O–H groups in total. The number of hydrogen-bond acceptors (Lipinski definition) is 4. The highest BCUT2D eigenvalue weighted by atomic mass is 15.3. The Kier molecular flexibility index (Phi) is 3.99. The van der Waals surface area contributed by atoms with Gasteiger partial charge in [-0.1, -0.05) is 13.8 Å². The summed E-state index contributed by atoms with van der Waals surface area (Å²) in [5, 5.41) is 3.40. The summed E-state index contributed by atoms with van der Waals surface area (Å²) < 4.78 is 2.08. The van der Waals surface area contributed by atoms with Crippen LogP contribution in [0.15, 0.2) is 18.6 Å². The fourth-order valence-electron chi connectivity index (χ4n) is 3.03. The van der Waals surface area contributed by atoms with Crippen molar-refractivity contribution in [2.24, 2.45) is 5.92 Å². The summed E-state index contributed by atoms with van der Waals surface area (Å²) in [6.45, 7) is 8.78. The van der Waals surface area contributed by atoms with Crippen LogP contribution in [0.25, 0.3) is 5.65 Å². The van der Waals surface area contributed by atoms with Crippen LogP contribution in [0.4, 0.5) is 11.6 Å². The van der Waals surface area contributed by atoms with Gasteiger partial charge in [0.15, 0.2) is 11.5 Å². The van der Waals surface area contributed by atoms with Crippen molar-refractivity contribution in [3.8, 4) is 0 Å². The van der Waals surface area contributed by atoms with Crippen LogP contribution in [-0.2, 0) is 0 Å². The van der Waals surface area contributed by atoms with Gasteiger partial charge in [0, 0.05) is 31.5 Å². The Labute approximate surface area is 126 Å². The Morgan fingerprint density at radius 2 is 2.19 bits per heavy atom. The molecule has 1 fully saturated rings. The standard InChI is InChI=1S/C16H25N5/c1-4-7-17-14-11-20-9-8-18-15(20)16(19-14)21-10-12(2)5-6-13(21)3/h8-9,11-13,17H,4-7,10H2,1-3H3. The van der Waals surface area contributed by atoms with E-state index in [0.717, 1.165) is 36.8 Å². The lowest BCUT2D eigenvalue weighted by atomic mass is 9.95. The summed E-state index contributed by atoms with van der Waals surface area (Å²) in [5.41, 5.74) is 0.956. The molecule has 0 saturated carbocycles. The maximum absolute atomic E-state index is 4.85. The molecule has 21 heavy (non-hydrogen) atoms. The average Bonchev–Trinajstić information content (AvgIpc) is 2.95. The molecule has 5 heteroatoms. The molecular formula is C16H25N5. The van der Waals surface area contributed by atoms with Crippen molar-refractivity contribution in [3.05, 3.63) is 18.6 Å². The highest BCUT2D eigenvalue weighted by Crippen LogP contribution is 2.29. The van der Waals surface area contributed by atoms with Gasteiger partial charge < -0.3 is 14.6 Å². The van der Waals surface area contributed by atoms with Crippen LogP contribution >= 0.6 is 0 Å². The van der Waals surface area contributed by atoms with E-state index in [0.29, 0.717) is 12.0 Å². The fraction of sp³-hybridized carbons (Fsp3) is 0.625. The van der Waals surface area contributed by atoms with Crippen LogP contribution in [0.2, 0.25) is 0 Å². The molecule has 2 aromatic heterocycles. The van der Waals surface area contributed by atoms with Crippen LogP contribution in [0.1, 0.15) is 40.0 Å². The first kappa shape index (κ1) is 14.2. The number of fused-ring (bicyclic) bond motifs is 1. The normalized spacial score (nSPS) is 22.7. The van der Waals surface area contributed by atoms with Gasteiger partial charge in [-0.15, -0.1) is 0 Å². The molecule has 3 rings (SSSR count). The van der Waals surface area contributed by atoms with E-state index in [-0.39, 0.29) is 0 Å². The molecule has 1 saturated heterocycles. The van der Waals surface area contributed by atoms with E-state index in [9.17, 15) is 0 Å². The van der Waals surface area contributed by atoms with Gasteiger partial charge in [0.05, 0.1) is 6.20 Å². The molecule has 0 bridgehead atoms. The highest BCUT2D eigenvalue weighted by molar-refractivity contribution is 5.67. The summed E-state index contributed by atoms with van der Waals surface area (Å²) in [7, 11) is 0. The highest BCUT2D eigenvalue weighted by Gasteiger charge is 2.26. The SMILES string of the molecule is CCCNc1cn2ccnc2c(N2CC(C)CCC2C)n1. The molecule has 2 atom stereocenters. The molecule has 0 amide bonds. The summed E-state index contributed by atoms with van der Waals surface area (Å²) in [6, 6.07) is 0.524. The number of aromatic nitrogens is 3. The number of hydrogen-bond donors (Lipinski definition) is 1. The van der Waals surface area contributed by atoms with Crippen molar-refractivity contribution in [2.75, 3.05) is 23.3 Å². The Morgan fingerprint density at radius 1 is 1.33 bits per heavy atom. The Morgan fingerprint density at radius 3 is 3.00 bits per heavy atom. The zero-order chi connectivity index (χ0) is 14.8. The largest absolute Gasteiger partial charge is 0.369 e. The molecule has 1 aliphatic heterocycles. The second kappa shape index (κ2) is 5.92. The van der Waals surface area contributed by atoms with Crippen LogP contribution in [0.5, 0.6) is 0 Å². The predicted octanol–water partition coefficient (Wildman–Crippen LogP) is 3.18. The van der Waals surface area contributed by atoms with Gasteiger partial charge in [0.1, 0.15) is 5.82 Å². The molecule has 114 valence electrons. The first-order valence-electron chi connectivity index (χ1n) is 8.03. The van der Waals surface area contributed by atoms with E-state index >= 15 is 0 Å². The Hall–Kier alpha value is -1.78. The van der Waals surface area contributed by atoms with Crippen molar-refractivity contribution in [3.63, 3.8) is 0 Å². The maximum Gasteiger partial charge on any atom is 0.180 e. The second-order valence-electron chi connectivity index (χ2n) is 6.22. The van der Waals surface area contributed by atoms with Gasteiger partial charge in [-0.25, -0.2) is 9.97 Å². The molecular weight excluding hydrogens is 262 g/mol. The van der Waals surface area contributed by atoms with E-state index in [4.69, 9.17) is 4.98 Å². The number of rotatable bonds is 4. The smallest absolute Gasteiger partial charge is 0.180 e. The van der Waals surface area contributed by atoms with Crippen LogP contribution in [0, 0.1) is 5.92 Å². The van der Waals surface area contributed by atoms with Crippen molar-refractivity contribution < 1.29 is 0 Å². The number of nitrogens with one attached hydrogen (secondary N) is 1. The molecule has 2 unspecified atom stereocenters. The maximum atomic E-state index is 4.85. The number of anilines is 2. The second-order valence-corrected chi connectivity index (χ2v) is 6.22. The van der Waals surface area contributed by atoms with Gasteiger partial charge in [0.25, 0.3) is 0 Å². The lowest BCUT2D eigenvalue weighted by Crippen LogP contribution is -2.42. The van der Waals surface area contributed by atoms with E-state index in [1.807, 2.05) is 18.6 Å². The van der Waals surface area contributed by atoms with Gasteiger partial charge in [0.2, 0.25) is 0 Å². The first-order chi connectivity index (χ1) is 10.2. The molecule has 3 heterocycles. The monoisotopic (exact) mass is 287 g/mol. The van der Waals surface area contributed by atoms with Crippen molar-refractivity contribution in [1.29, 1.82) is 0 Å². The van der Waals surface area contributed by atoms with Crippen molar-refractivity contribution in [1.82, 2.24) is 14.4 Å². The fourth-order valence-corrected chi connectivity index (χ4v) is 3.03. The average molecular weight is 287 g/mol. The number of piperidine rings is 1. The van der Waals surface area contributed by atoms with E-state index in [2.05, 4.69) is 40.4 Å². The van der Waals surface area contributed by atoms with Gasteiger partial charge >= 0.3 is 0 Å². The minimum absolute atomic E-state index is 0.524. The van der Waals surface area contributed by atoms with Crippen LogP contribution < -0.4 is 10.2 Å². The summed E-state index contributed by atoms with van der Waals surface area (Å²) in [5.74, 6) is 2.66. The van der Waals surface area contributed by atoms with Gasteiger partial charge in [-0.2, -0.15) is 0 Å². The zero-order valence-electron chi connectivity index (χ0n) is 13.2. The predicted molar refractivity (Wildman–Crippen MR) is 87.0 cm³/mol. The molecule has 0 aromatic carbocycles. The summed E-state index contributed by atoms with van der Waals surface area (Å²) in [4.78, 5) is 11.8. The van der Waals surface area contributed by atoms with Crippen LogP contribution in [0.3, 0.4) is 0 Å². The third-order valence-corrected chi connectivity index (χ3v) is 4.30. The molecule has 2 aromatic rings. The third-order valence-electron chi connectivity index (χ3n) is 4.30. The minimum Gasteiger partial charge on any atom is -0.369 e. The third kappa shape index (κ3) is 2.82. The van der Waals surface area contributed by atoms with Crippen molar-refractivity contribution in [2.45, 2.75) is 46.1 Å². The summed E-state index contributed by atoms with van der Waals surface area (Å²) in [6.07, 6.45) is 9.49. The summed E-state index contributed by atoms with van der Waals surface area (Å²) >= 11 is 0. The molecule has 1 aliphatic rings. The minimum atomic E-state index is 0.524. The van der Waals surface area contributed by atoms with E-state index in [1.54, 1.807) is 0 Å². The first-order valence-corrected chi connectivity index (χ1v) is 8.03. The molecule has 5 nitrogen and oxygen atoms in total. The quantitative estimate of drug-likeness (QED) is 0.938. The van der Waals surface area contributed by atoms with E-state index < -0.39 is 0 Å². The van der Waals surface area contributed by atoms with Gasteiger partial charge in [-0.3, -0.25) is 0 Å². The Balaban J connectivity index is 2.00. The topological polar surface area (TPSA) is 45.5 Å². The number of imidazole rings is 1. The number of nitrogens with zero attached hydrogens (tertiary/aromatic N) is 4. The van der Waals surface area contributed by atoms with Crippen molar-refractivity contribution >= 4 is 17.3 Å².